The molecule has 4 N–H and O–H groups in total. The smallest absolute Gasteiger partial charge is 0.243 e. The van der Waals surface area contributed by atoms with Crippen molar-refractivity contribution in [2.24, 2.45) is 0 Å². The molecule has 1 aliphatic heterocycles. The molecular weight excluding hydrogens is 642 g/mol. The lowest BCUT2D eigenvalue weighted by Crippen LogP contribution is -2.40. The minimum Gasteiger partial charge on any atom is -0.392 e. The Bertz CT molecular complexity index is 1190. The lowest BCUT2D eigenvalue weighted by Gasteiger charge is -2.38. The summed E-state index contributed by atoms with van der Waals surface area (Å²) in [5.74, 6) is -0.416. The van der Waals surface area contributed by atoms with Crippen molar-refractivity contribution in [2.75, 3.05) is 25.0 Å². The minimum absolute atomic E-state index is 0.00357. The number of rotatable bonds is 27. The van der Waals surface area contributed by atoms with Crippen molar-refractivity contribution in [2.45, 2.75) is 161 Å². The molecule has 1 heterocycles. The van der Waals surface area contributed by atoms with Crippen molar-refractivity contribution in [3.8, 4) is 0 Å². The van der Waals surface area contributed by atoms with Gasteiger partial charge < -0.3 is 24.8 Å². The van der Waals surface area contributed by atoms with Crippen LogP contribution in [0.2, 0.25) is 0 Å². The van der Waals surface area contributed by atoms with E-state index in [0.717, 1.165) is 67.7 Å². The van der Waals surface area contributed by atoms with Crippen LogP contribution in [0.4, 0.5) is 5.69 Å². The molecular formula is C42H67N3O6. The molecule has 3 rings (SSSR count). The predicted molar refractivity (Wildman–Crippen MR) is 204 cm³/mol. The molecule has 1 fully saturated rings. The van der Waals surface area contributed by atoms with E-state index in [1.807, 2.05) is 36.4 Å². The van der Waals surface area contributed by atoms with Crippen LogP contribution in [0.5, 0.6) is 0 Å². The number of hydroxylamine groups is 1. The van der Waals surface area contributed by atoms with Crippen LogP contribution in [-0.2, 0) is 25.7 Å². The van der Waals surface area contributed by atoms with Gasteiger partial charge in [0.2, 0.25) is 11.8 Å². The lowest BCUT2D eigenvalue weighted by molar-refractivity contribution is -0.253. The Kier molecular flexibility index (Phi) is 21.7. The molecule has 0 saturated carbocycles. The first kappa shape index (κ1) is 42.6. The molecule has 9 nitrogen and oxygen atoms in total. The number of carbonyl (C=O) groups is 2. The summed E-state index contributed by atoms with van der Waals surface area (Å²) in [6.45, 7) is 7.61. The summed E-state index contributed by atoms with van der Waals surface area (Å²) in [5.41, 5.74) is 5.27. The van der Waals surface area contributed by atoms with Gasteiger partial charge in [-0.1, -0.05) is 127 Å². The number of unbranched alkanes of at least 4 members (excludes halogenated alkanes) is 13. The number of amides is 2. The van der Waals surface area contributed by atoms with Gasteiger partial charge in [-0.25, -0.2) is 5.48 Å². The Hall–Kier alpha value is -2.82. The lowest BCUT2D eigenvalue weighted by atomic mass is 9.99. The highest BCUT2D eigenvalue weighted by Crippen LogP contribution is 2.38. The molecule has 2 aromatic rings. The number of nitrogens with zero attached hydrogens (tertiary/aromatic N) is 1. The van der Waals surface area contributed by atoms with Crippen LogP contribution in [0.15, 0.2) is 48.5 Å². The van der Waals surface area contributed by atoms with Crippen molar-refractivity contribution < 1.29 is 29.4 Å². The molecule has 0 spiro atoms. The van der Waals surface area contributed by atoms with Crippen LogP contribution in [0, 0.1) is 0 Å². The average molecular weight is 710 g/mol. The molecule has 2 amide bonds. The largest absolute Gasteiger partial charge is 0.392 e. The van der Waals surface area contributed by atoms with Gasteiger partial charge in [0.25, 0.3) is 0 Å². The van der Waals surface area contributed by atoms with Gasteiger partial charge in [0.05, 0.1) is 18.8 Å². The minimum atomic E-state index is -0.533. The number of aliphatic hydroxyl groups is 1. The highest BCUT2D eigenvalue weighted by molar-refractivity contribution is 5.90. The fourth-order valence-corrected chi connectivity index (χ4v) is 6.77. The standard InChI is InChI=1S/C42H67N3O6/c1-3-5-7-9-13-17-29-45(30-18-14-10-8-6-4-2)32-38-31-39(35-23-21-34(33-46)22-24-35)51-42(50-38)36-25-27-37(28-26-36)43-40(47)19-15-11-12-16-20-41(48)44-49/h21-28,38-39,42,46,49H,3-20,29-33H2,1-2H3,(H,43,47)(H,44,48). The first-order valence-electron chi connectivity index (χ1n) is 20.0. The second-order valence-corrected chi connectivity index (χ2v) is 14.3. The molecule has 0 radical (unpaired) electrons. The second kappa shape index (κ2) is 26.0. The number of ether oxygens (including phenoxy) is 2. The van der Waals surface area contributed by atoms with Gasteiger partial charge in [-0.15, -0.1) is 0 Å². The number of hydrogen-bond acceptors (Lipinski definition) is 7. The van der Waals surface area contributed by atoms with Crippen molar-refractivity contribution in [1.29, 1.82) is 0 Å². The van der Waals surface area contributed by atoms with Crippen LogP contribution in [0.1, 0.15) is 165 Å². The number of aliphatic hydroxyl groups excluding tert-OH is 1. The van der Waals surface area contributed by atoms with Crippen LogP contribution in [0.3, 0.4) is 0 Å². The van der Waals surface area contributed by atoms with Crippen LogP contribution in [0.25, 0.3) is 0 Å². The third kappa shape index (κ3) is 17.5. The van der Waals surface area contributed by atoms with Crippen LogP contribution >= 0.6 is 0 Å². The number of nitrogens with one attached hydrogen (secondary N) is 2. The molecule has 3 atom stereocenters. The Morgan fingerprint density at radius 2 is 1.22 bits per heavy atom. The zero-order valence-electron chi connectivity index (χ0n) is 31.6. The third-order valence-corrected chi connectivity index (χ3v) is 9.88. The number of anilines is 1. The third-order valence-electron chi connectivity index (χ3n) is 9.88. The van der Waals surface area contributed by atoms with E-state index in [4.69, 9.17) is 14.7 Å². The number of benzene rings is 2. The quantitative estimate of drug-likeness (QED) is 0.0414. The highest BCUT2D eigenvalue weighted by Gasteiger charge is 2.33. The van der Waals surface area contributed by atoms with E-state index >= 15 is 0 Å². The molecule has 1 saturated heterocycles. The summed E-state index contributed by atoms with van der Waals surface area (Å²) < 4.78 is 13.3. The van der Waals surface area contributed by atoms with Gasteiger partial charge in [0, 0.05) is 37.1 Å². The summed E-state index contributed by atoms with van der Waals surface area (Å²) in [6.07, 6.45) is 19.4. The molecule has 0 bridgehead atoms. The fraction of sp³-hybridized carbons (Fsp3) is 0.667. The predicted octanol–water partition coefficient (Wildman–Crippen LogP) is 9.53. The fourth-order valence-electron chi connectivity index (χ4n) is 6.77. The topological polar surface area (TPSA) is 120 Å². The van der Waals surface area contributed by atoms with Gasteiger partial charge in [-0.2, -0.15) is 0 Å². The Morgan fingerprint density at radius 3 is 1.78 bits per heavy atom. The summed E-state index contributed by atoms with van der Waals surface area (Å²) >= 11 is 0. The van der Waals surface area contributed by atoms with Gasteiger partial charge in [0.15, 0.2) is 6.29 Å². The first-order valence-corrected chi connectivity index (χ1v) is 20.0. The molecule has 286 valence electrons. The molecule has 51 heavy (non-hydrogen) atoms. The molecule has 9 heteroatoms. The molecule has 0 aliphatic carbocycles. The normalized spacial score (nSPS) is 17.5. The van der Waals surface area contributed by atoms with E-state index in [0.29, 0.717) is 12.8 Å². The summed E-state index contributed by atoms with van der Waals surface area (Å²) in [5, 5.41) is 21.2. The van der Waals surface area contributed by atoms with E-state index in [1.165, 1.54) is 77.0 Å². The van der Waals surface area contributed by atoms with E-state index < -0.39 is 6.29 Å². The van der Waals surface area contributed by atoms with E-state index in [2.05, 4.69) is 36.2 Å². The van der Waals surface area contributed by atoms with Crippen molar-refractivity contribution >= 4 is 17.5 Å². The zero-order valence-corrected chi connectivity index (χ0v) is 31.6. The summed E-state index contributed by atoms with van der Waals surface area (Å²) in [6, 6.07) is 15.8. The SMILES string of the molecule is CCCCCCCCN(CCCCCCCC)CC1CC(c2ccc(CO)cc2)OC(c2ccc(NC(=O)CCCCCCC(=O)NO)cc2)O1. The Balaban J connectivity index is 1.63. The maximum atomic E-state index is 12.6. The van der Waals surface area contributed by atoms with Crippen LogP contribution in [-0.4, -0.2) is 52.8 Å². The van der Waals surface area contributed by atoms with E-state index in [-0.39, 0.29) is 37.0 Å². The highest BCUT2D eigenvalue weighted by atomic mass is 16.7. The number of hydrogen-bond donors (Lipinski definition) is 4. The Morgan fingerprint density at radius 1 is 0.686 bits per heavy atom. The van der Waals surface area contributed by atoms with Gasteiger partial charge >= 0.3 is 0 Å². The maximum Gasteiger partial charge on any atom is 0.243 e. The second-order valence-electron chi connectivity index (χ2n) is 14.3. The zero-order chi connectivity index (χ0) is 36.5. The molecule has 0 aromatic heterocycles. The van der Waals surface area contributed by atoms with E-state index in [9.17, 15) is 14.7 Å². The maximum absolute atomic E-state index is 12.6. The van der Waals surface area contributed by atoms with Gasteiger partial charge in [0.1, 0.15) is 0 Å². The first-order chi connectivity index (χ1) is 24.9. The summed E-state index contributed by atoms with van der Waals surface area (Å²) in [7, 11) is 0. The Labute approximate surface area is 307 Å². The van der Waals surface area contributed by atoms with Gasteiger partial charge in [-0.05, 0) is 62.0 Å². The van der Waals surface area contributed by atoms with E-state index in [1.54, 1.807) is 5.48 Å². The monoisotopic (exact) mass is 710 g/mol. The molecule has 2 aromatic carbocycles. The van der Waals surface area contributed by atoms with Crippen molar-refractivity contribution in [3.63, 3.8) is 0 Å². The molecule has 3 unspecified atom stereocenters. The summed E-state index contributed by atoms with van der Waals surface area (Å²) in [4.78, 5) is 26.3. The average Bonchev–Trinajstić information content (AvgIpc) is 3.15. The van der Waals surface area contributed by atoms with Gasteiger partial charge in [-0.3, -0.25) is 14.8 Å². The van der Waals surface area contributed by atoms with Crippen molar-refractivity contribution in [1.82, 2.24) is 10.4 Å². The number of carbonyl (C=O) groups excluding carboxylic acids is 2. The van der Waals surface area contributed by atoms with Crippen molar-refractivity contribution in [3.05, 3.63) is 65.2 Å². The molecule has 1 aliphatic rings. The van der Waals surface area contributed by atoms with Crippen LogP contribution < -0.4 is 10.8 Å².